The Kier molecular flexibility index (Phi) is 3.69. The molecule has 2 heterocycles. The van der Waals surface area contributed by atoms with Crippen LogP contribution in [0, 0.1) is 5.41 Å². The number of aryl methyl sites for hydroxylation is 1. The second-order valence-electron chi connectivity index (χ2n) is 6.08. The number of aromatic amines is 2. The molecular formula is C19H18N6O. The summed E-state index contributed by atoms with van der Waals surface area (Å²) in [6, 6.07) is 13.2. The maximum atomic E-state index is 10.6. The molecule has 7 heteroatoms. The van der Waals surface area contributed by atoms with Gasteiger partial charge in [-0.3, -0.25) is 10.5 Å². The second-order valence-corrected chi connectivity index (χ2v) is 6.08. The first kappa shape index (κ1) is 15.9. The van der Waals surface area contributed by atoms with Crippen LogP contribution in [-0.2, 0) is 6.42 Å². The fourth-order valence-corrected chi connectivity index (χ4v) is 2.89. The Labute approximate surface area is 149 Å². The lowest BCUT2D eigenvalue weighted by atomic mass is 10.1. The van der Waals surface area contributed by atoms with E-state index in [0.717, 1.165) is 17.5 Å². The summed E-state index contributed by atoms with van der Waals surface area (Å²) in [6.07, 6.45) is 0.958. The van der Waals surface area contributed by atoms with Crippen LogP contribution in [0.25, 0.3) is 33.8 Å². The van der Waals surface area contributed by atoms with E-state index >= 15 is 0 Å². The van der Waals surface area contributed by atoms with Crippen molar-refractivity contribution < 1.29 is 5.11 Å². The zero-order valence-electron chi connectivity index (χ0n) is 14.2. The summed E-state index contributed by atoms with van der Waals surface area (Å²) in [4.78, 5) is 7.63. The van der Waals surface area contributed by atoms with Crippen LogP contribution in [0.15, 0.2) is 42.5 Å². The maximum Gasteiger partial charge on any atom is 0.172 e. The van der Waals surface area contributed by atoms with E-state index in [0.29, 0.717) is 28.3 Å². The van der Waals surface area contributed by atoms with Crippen molar-refractivity contribution in [1.29, 1.82) is 5.41 Å². The van der Waals surface area contributed by atoms with Crippen molar-refractivity contribution in [3.05, 3.63) is 53.6 Å². The first-order valence-electron chi connectivity index (χ1n) is 8.28. The highest BCUT2D eigenvalue weighted by atomic mass is 16.3. The molecule has 0 radical (unpaired) electrons. The SMILES string of the molecule is CCc1ccc(-c2n[nH]c(-c3nc4cc(C(=N)N)ccc4[nH]3)c2O)cc1. The number of amidine groups is 1. The lowest BCUT2D eigenvalue weighted by Gasteiger charge is -2.00. The van der Waals surface area contributed by atoms with Gasteiger partial charge in [-0.25, -0.2) is 4.98 Å². The number of rotatable bonds is 4. The van der Waals surface area contributed by atoms with Gasteiger partial charge in [0.05, 0.1) is 11.0 Å². The number of benzene rings is 2. The Hall–Kier alpha value is -3.61. The van der Waals surface area contributed by atoms with Crippen LogP contribution < -0.4 is 5.73 Å². The van der Waals surface area contributed by atoms with E-state index in [1.807, 2.05) is 24.3 Å². The average molecular weight is 346 g/mol. The van der Waals surface area contributed by atoms with Crippen LogP contribution >= 0.6 is 0 Å². The normalized spacial score (nSPS) is 11.1. The maximum absolute atomic E-state index is 10.6. The number of H-pyrrole nitrogens is 2. The number of imidazole rings is 1. The quantitative estimate of drug-likeness (QED) is 0.287. The van der Waals surface area contributed by atoms with E-state index in [2.05, 4.69) is 27.1 Å². The standard InChI is InChI=1S/C19H18N6O/c1-2-10-3-5-11(6-4-10)15-17(26)16(25-24-15)19-22-13-8-7-12(18(20)21)9-14(13)23-19/h3-9,26H,2H2,1H3,(H3,20,21)(H,22,23)(H,24,25). The van der Waals surface area contributed by atoms with Crippen molar-refractivity contribution in [1.82, 2.24) is 20.2 Å². The molecule has 2 aromatic heterocycles. The lowest BCUT2D eigenvalue weighted by Crippen LogP contribution is -2.10. The molecule has 4 rings (SSSR count). The Morgan fingerprint density at radius 2 is 1.96 bits per heavy atom. The summed E-state index contributed by atoms with van der Waals surface area (Å²) in [5, 5.41) is 25.2. The van der Waals surface area contributed by atoms with Crippen LogP contribution in [0.1, 0.15) is 18.1 Å². The van der Waals surface area contributed by atoms with Crippen molar-refractivity contribution >= 4 is 16.9 Å². The van der Waals surface area contributed by atoms with Gasteiger partial charge in [-0.1, -0.05) is 31.2 Å². The van der Waals surface area contributed by atoms with Crippen molar-refractivity contribution in [2.45, 2.75) is 13.3 Å². The largest absolute Gasteiger partial charge is 0.504 e. The molecule has 0 bridgehead atoms. The third-order valence-electron chi connectivity index (χ3n) is 4.41. The summed E-state index contributed by atoms with van der Waals surface area (Å²) in [5.41, 5.74) is 10.5. The lowest BCUT2D eigenvalue weighted by molar-refractivity contribution is 0.479. The molecule has 26 heavy (non-hydrogen) atoms. The molecule has 0 aliphatic rings. The smallest absolute Gasteiger partial charge is 0.172 e. The number of aromatic nitrogens is 4. The molecule has 2 aromatic carbocycles. The predicted molar refractivity (Wildman–Crippen MR) is 101 cm³/mol. The molecule has 0 aliphatic heterocycles. The van der Waals surface area contributed by atoms with Gasteiger partial charge >= 0.3 is 0 Å². The van der Waals surface area contributed by atoms with Gasteiger partial charge in [0.1, 0.15) is 17.2 Å². The zero-order chi connectivity index (χ0) is 18.3. The Morgan fingerprint density at radius 1 is 1.19 bits per heavy atom. The van der Waals surface area contributed by atoms with Gasteiger partial charge in [0.2, 0.25) is 0 Å². The summed E-state index contributed by atoms with van der Waals surface area (Å²) in [5.74, 6) is 0.501. The van der Waals surface area contributed by atoms with E-state index in [1.165, 1.54) is 5.56 Å². The van der Waals surface area contributed by atoms with Gasteiger partial charge in [0.15, 0.2) is 11.6 Å². The van der Waals surface area contributed by atoms with Gasteiger partial charge in [-0.05, 0) is 30.2 Å². The summed E-state index contributed by atoms with van der Waals surface area (Å²) >= 11 is 0. The third-order valence-corrected chi connectivity index (χ3v) is 4.41. The summed E-state index contributed by atoms with van der Waals surface area (Å²) in [7, 11) is 0. The molecule has 0 aliphatic carbocycles. The number of nitrogen functional groups attached to an aromatic ring is 1. The van der Waals surface area contributed by atoms with E-state index in [1.54, 1.807) is 18.2 Å². The first-order chi connectivity index (χ1) is 12.6. The van der Waals surface area contributed by atoms with Gasteiger partial charge < -0.3 is 15.8 Å². The first-order valence-corrected chi connectivity index (χ1v) is 8.28. The van der Waals surface area contributed by atoms with Crippen LogP contribution in [0.3, 0.4) is 0 Å². The summed E-state index contributed by atoms with van der Waals surface area (Å²) in [6.45, 7) is 2.10. The number of aromatic hydroxyl groups is 1. The fourth-order valence-electron chi connectivity index (χ4n) is 2.89. The molecule has 0 saturated carbocycles. The van der Waals surface area contributed by atoms with Gasteiger partial charge in [0, 0.05) is 11.1 Å². The van der Waals surface area contributed by atoms with Gasteiger partial charge in [0.25, 0.3) is 0 Å². The number of nitrogens with zero attached hydrogens (tertiary/aromatic N) is 2. The number of nitrogens with two attached hydrogens (primary N) is 1. The molecule has 6 N–H and O–H groups in total. The summed E-state index contributed by atoms with van der Waals surface area (Å²) < 4.78 is 0. The van der Waals surface area contributed by atoms with Crippen LogP contribution in [0.4, 0.5) is 0 Å². The van der Waals surface area contributed by atoms with E-state index in [4.69, 9.17) is 11.1 Å². The Bertz CT molecular complexity index is 1110. The molecule has 4 aromatic rings. The van der Waals surface area contributed by atoms with E-state index in [-0.39, 0.29) is 11.6 Å². The third kappa shape index (κ3) is 2.59. The average Bonchev–Trinajstić information content (AvgIpc) is 3.24. The monoisotopic (exact) mass is 346 g/mol. The second kappa shape index (κ2) is 6.03. The molecule has 0 fully saturated rings. The molecule has 0 amide bonds. The van der Waals surface area contributed by atoms with Crippen molar-refractivity contribution in [2.24, 2.45) is 5.73 Å². The van der Waals surface area contributed by atoms with Crippen molar-refractivity contribution in [3.63, 3.8) is 0 Å². The molecule has 0 saturated heterocycles. The van der Waals surface area contributed by atoms with Gasteiger partial charge in [-0.2, -0.15) is 5.10 Å². The molecular weight excluding hydrogens is 328 g/mol. The molecule has 0 unspecified atom stereocenters. The van der Waals surface area contributed by atoms with Crippen LogP contribution in [0.5, 0.6) is 5.75 Å². The van der Waals surface area contributed by atoms with E-state index in [9.17, 15) is 5.11 Å². The van der Waals surface area contributed by atoms with Crippen molar-refractivity contribution in [2.75, 3.05) is 0 Å². The zero-order valence-corrected chi connectivity index (χ0v) is 14.2. The topological polar surface area (TPSA) is 127 Å². The number of nitrogens with one attached hydrogen (secondary N) is 3. The molecule has 0 spiro atoms. The van der Waals surface area contributed by atoms with Crippen LogP contribution in [0.2, 0.25) is 0 Å². The molecule has 0 atom stereocenters. The fraction of sp³-hybridized carbons (Fsp3) is 0.105. The van der Waals surface area contributed by atoms with Crippen molar-refractivity contribution in [3.8, 4) is 28.5 Å². The minimum atomic E-state index is -0.0151. The molecule has 7 nitrogen and oxygen atoms in total. The Balaban J connectivity index is 1.75. The highest BCUT2D eigenvalue weighted by Crippen LogP contribution is 2.35. The minimum absolute atomic E-state index is 0.0151. The predicted octanol–water partition coefficient (Wildman–Crippen LogP) is 3.17. The highest BCUT2D eigenvalue weighted by molar-refractivity contribution is 5.98. The number of hydrogen-bond acceptors (Lipinski definition) is 4. The van der Waals surface area contributed by atoms with Crippen LogP contribution in [-0.4, -0.2) is 31.1 Å². The highest BCUT2D eigenvalue weighted by Gasteiger charge is 2.18. The van der Waals surface area contributed by atoms with Gasteiger partial charge in [-0.15, -0.1) is 0 Å². The number of fused-ring (bicyclic) bond motifs is 1. The molecule has 130 valence electrons. The minimum Gasteiger partial charge on any atom is -0.504 e. The van der Waals surface area contributed by atoms with E-state index < -0.39 is 0 Å². The Morgan fingerprint density at radius 3 is 2.65 bits per heavy atom. The number of hydrogen-bond donors (Lipinski definition) is 5.